The third-order valence-electron chi connectivity index (χ3n) is 4.32. The first-order valence-corrected chi connectivity index (χ1v) is 10.4. The number of aromatic nitrogens is 1. The molecule has 0 saturated carbocycles. The number of thiazole rings is 1. The number of nitrogens with one attached hydrogen (secondary N) is 2. The molecular weight excluding hydrogens is 491 g/mol. The lowest BCUT2D eigenvalue weighted by atomic mass is 10.3. The van der Waals surface area contributed by atoms with Crippen molar-refractivity contribution < 1.29 is 9.53 Å². The molecule has 1 aliphatic heterocycles. The Morgan fingerprint density at radius 1 is 1.29 bits per heavy atom. The number of carbonyl (C=O) groups excluding carboxylic acids is 1. The topological polar surface area (TPSA) is 82.1 Å². The second kappa shape index (κ2) is 14.1. The van der Waals surface area contributed by atoms with Crippen LogP contribution in [0, 0.1) is 0 Å². The molecule has 10 heteroatoms. The van der Waals surface area contributed by atoms with Gasteiger partial charge in [0.1, 0.15) is 5.01 Å². The van der Waals surface area contributed by atoms with Crippen LogP contribution in [0.15, 0.2) is 11.2 Å². The fourth-order valence-corrected chi connectivity index (χ4v) is 3.61. The number of nitrogens with zero attached hydrogens (tertiary/aromatic N) is 4. The Morgan fingerprint density at radius 3 is 2.64 bits per heavy atom. The lowest BCUT2D eigenvalue weighted by molar-refractivity contribution is -0.122. The zero-order valence-electron chi connectivity index (χ0n) is 17.1. The Hall–Kier alpha value is -0.980. The molecule has 1 saturated heterocycles. The summed E-state index contributed by atoms with van der Waals surface area (Å²) in [6.45, 7) is 10.6. The number of amides is 1. The largest absolute Gasteiger partial charge is 0.383 e. The van der Waals surface area contributed by atoms with E-state index in [1.54, 1.807) is 18.4 Å². The molecule has 8 nitrogen and oxygen atoms in total. The number of aliphatic imine (C=N–C) groups is 1. The number of piperazine rings is 1. The second-order valence-electron chi connectivity index (χ2n) is 6.35. The third kappa shape index (κ3) is 8.58. The fourth-order valence-electron chi connectivity index (χ4n) is 2.82. The van der Waals surface area contributed by atoms with Crippen LogP contribution < -0.4 is 10.6 Å². The summed E-state index contributed by atoms with van der Waals surface area (Å²) < 4.78 is 4.95. The quantitative estimate of drug-likeness (QED) is 0.219. The molecule has 2 N–H and O–H groups in total. The molecule has 1 aliphatic rings. The molecule has 160 valence electrons. The number of methoxy groups -OCH3 is 1. The van der Waals surface area contributed by atoms with Crippen molar-refractivity contribution in [1.82, 2.24) is 25.4 Å². The van der Waals surface area contributed by atoms with Crippen LogP contribution in [-0.2, 0) is 22.5 Å². The highest BCUT2D eigenvalue weighted by Crippen LogP contribution is 2.14. The lowest BCUT2D eigenvalue weighted by Gasteiger charge is -2.36. The van der Waals surface area contributed by atoms with E-state index in [2.05, 4.69) is 39.3 Å². The van der Waals surface area contributed by atoms with Gasteiger partial charge in [0.15, 0.2) is 5.96 Å². The lowest BCUT2D eigenvalue weighted by Crippen LogP contribution is -2.54. The van der Waals surface area contributed by atoms with Crippen LogP contribution in [-0.4, -0.2) is 86.2 Å². The summed E-state index contributed by atoms with van der Waals surface area (Å²) in [7, 11) is 1.63. The van der Waals surface area contributed by atoms with Gasteiger partial charge >= 0.3 is 0 Å². The highest BCUT2D eigenvalue weighted by Gasteiger charge is 2.21. The van der Waals surface area contributed by atoms with Crippen molar-refractivity contribution in [2.24, 2.45) is 4.99 Å². The Balaban J connectivity index is 0.00000392. The van der Waals surface area contributed by atoms with Gasteiger partial charge in [-0.15, -0.1) is 35.3 Å². The van der Waals surface area contributed by atoms with E-state index in [1.165, 1.54) is 4.88 Å². The Kier molecular flexibility index (Phi) is 12.6. The second-order valence-corrected chi connectivity index (χ2v) is 7.55. The third-order valence-corrected chi connectivity index (χ3v) is 5.44. The molecule has 1 fully saturated rings. The van der Waals surface area contributed by atoms with Crippen molar-refractivity contribution in [1.29, 1.82) is 0 Å². The van der Waals surface area contributed by atoms with Crippen LogP contribution >= 0.6 is 35.3 Å². The van der Waals surface area contributed by atoms with E-state index >= 15 is 0 Å². The summed E-state index contributed by atoms with van der Waals surface area (Å²) >= 11 is 1.73. The molecule has 0 unspecified atom stereocenters. The fraction of sp³-hybridized carbons (Fsp3) is 0.722. The van der Waals surface area contributed by atoms with Crippen LogP contribution in [0.1, 0.15) is 23.7 Å². The highest BCUT2D eigenvalue weighted by molar-refractivity contribution is 14.0. The van der Waals surface area contributed by atoms with Gasteiger partial charge in [0.05, 0.1) is 19.7 Å². The first kappa shape index (κ1) is 25.1. The van der Waals surface area contributed by atoms with E-state index in [4.69, 9.17) is 9.73 Å². The van der Waals surface area contributed by atoms with Crippen molar-refractivity contribution in [3.63, 3.8) is 0 Å². The van der Waals surface area contributed by atoms with Crippen molar-refractivity contribution in [3.8, 4) is 0 Å². The summed E-state index contributed by atoms with van der Waals surface area (Å²) in [4.78, 5) is 26.9. The van der Waals surface area contributed by atoms with Gasteiger partial charge in [-0.3, -0.25) is 9.69 Å². The van der Waals surface area contributed by atoms with Gasteiger partial charge in [0, 0.05) is 57.5 Å². The van der Waals surface area contributed by atoms with Gasteiger partial charge in [-0.25, -0.2) is 9.98 Å². The molecule has 28 heavy (non-hydrogen) atoms. The first-order valence-electron chi connectivity index (χ1n) is 9.61. The monoisotopic (exact) mass is 524 g/mol. The number of carbonyl (C=O) groups is 1. The predicted molar refractivity (Wildman–Crippen MR) is 125 cm³/mol. The van der Waals surface area contributed by atoms with E-state index in [0.717, 1.165) is 50.1 Å². The molecular formula is C18H33IN6O2S. The van der Waals surface area contributed by atoms with Gasteiger partial charge in [0.25, 0.3) is 0 Å². The predicted octanol–water partition coefficient (Wildman–Crippen LogP) is 1.17. The van der Waals surface area contributed by atoms with Crippen LogP contribution in [0.4, 0.5) is 0 Å². The van der Waals surface area contributed by atoms with Crippen LogP contribution in [0.5, 0.6) is 0 Å². The molecule has 0 aromatic carbocycles. The number of halogens is 1. The Bertz CT molecular complexity index is 605. The van der Waals surface area contributed by atoms with Crippen LogP contribution in [0.3, 0.4) is 0 Å². The molecule has 0 aliphatic carbocycles. The van der Waals surface area contributed by atoms with E-state index in [0.29, 0.717) is 26.2 Å². The summed E-state index contributed by atoms with van der Waals surface area (Å²) in [5.74, 6) is 0.978. The van der Waals surface area contributed by atoms with E-state index in [-0.39, 0.29) is 29.9 Å². The van der Waals surface area contributed by atoms with Crippen LogP contribution in [0.25, 0.3) is 0 Å². The standard InChI is InChI=1S/C18H32N6O2S.HI/c1-4-15-12-21-17(27-15)13-22-18(19-5-2)24-9-7-23(8-10-24)14-16(25)20-6-11-26-3;/h12H,4-11,13-14H2,1-3H3,(H,19,22)(H,20,25);1H. The number of ether oxygens (including phenoxy) is 1. The van der Waals surface area contributed by atoms with Gasteiger partial charge in [-0.1, -0.05) is 6.92 Å². The zero-order chi connectivity index (χ0) is 19.5. The molecule has 1 aromatic rings. The average Bonchev–Trinajstić information content (AvgIpc) is 3.14. The number of aryl methyl sites for hydroxylation is 1. The zero-order valence-corrected chi connectivity index (χ0v) is 20.2. The van der Waals surface area contributed by atoms with Gasteiger partial charge in [0.2, 0.25) is 5.91 Å². The number of guanidine groups is 1. The normalized spacial score (nSPS) is 15.2. The van der Waals surface area contributed by atoms with Gasteiger partial charge in [-0.05, 0) is 13.3 Å². The smallest absolute Gasteiger partial charge is 0.234 e. The maximum atomic E-state index is 11.9. The molecule has 0 spiro atoms. The average molecular weight is 524 g/mol. The molecule has 0 bridgehead atoms. The molecule has 0 atom stereocenters. The first-order chi connectivity index (χ1) is 13.2. The van der Waals surface area contributed by atoms with Crippen LogP contribution in [0.2, 0.25) is 0 Å². The van der Waals surface area contributed by atoms with E-state index in [9.17, 15) is 4.79 Å². The number of hydrogen-bond acceptors (Lipinski definition) is 6. The maximum absolute atomic E-state index is 11.9. The minimum Gasteiger partial charge on any atom is -0.383 e. The maximum Gasteiger partial charge on any atom is 0.234 e. The summed E-state index contributed by atoms with van der Waals surface area (Å²) in [6, 6.07) is 0. The Morgan fingerprint density at radius 2 is 2.04 bits per heavy atom. The minimum atomic E-state index is 0. The summed E-state index contributed by atoms with van der Waals surface area (Å²) in [6.07, 6.45) is 2.96. The molecule has 1 amide bonds. The van der Waals surface area contributed by atoms with Crippen molar-refractivity contribution in [3.05, 3.63) is 16.1 Å². The van der Waals surface area contributed by atoms with Crippen molar-refractivity contribution in [2.45, 2.75) is 26.8 Å². The van der Waals surface area contributed by atoms with Gasteiger partial charge in [-0.2, -0.15) is 0 Å². The van der Waals surface area contributed by atoms with Crippen molar-refractivity contribution in [2.75, 3.05) is 59.5 Å². The Labute approximate surface area is 189 Å². The van der Waals surface area contributed by atoms with E-state index in [1.807, 2.05) is 6.20 Å². The van der Waals surface area contributed by atoms with E-state index < -0.39 is 0 Å². The molecule has 0 radical (unpaired) electrons. The SMILES string of the molecule is CCNC(=NCc1ncc(CC)s1)N1CCN(CC(=O)NCCOC)CC1.I. The van der Waals surface area contributed by atoms with Gasteiger partial charge < -0.3 is 20.3 Å². The number of hydrogen-bond donors (Lipinski definition) is 2. The summed E-state index contributed by atoms with van der Waals surface area (Å²) in [5.41, 5.74) is 0. The minimum absolute atomic E-state index is 0. The highest BCUT2D eigenvalue weighted by atomic mass is 127. The molecule has 2 rings (SSSR count). The molecule has 1 aromatic heterocycles. The molecule has 2 heterocycles. The number of rotatable bonds is 9. The van der Waals surface area contributed by atoms with Crippen molar-refractivity contribution >= 4 is 47.2 Å². The summed E-state index contributed by atoms with van der Waals surface area (Å²) in [5, 5.41) is 7.29.